The third kappa shape index (κ3) is 3.57. The molecule has 0 atom stereocenters. The van der Waals surface area contributed by atoms with Crippen molar-refractivity contribution < 1.29 is 22.7 Å². The highest BCUT2D eigenvalue weighted by molar-refractivity contribution is 7.22. The molecule has 2 aromatic rings. The third-order valence-corrected chi connectivity index (χ3v) is 3.09. The molecule has 1 aromatic carbocycles. The van der Waals surface area contributed by atoms with Gasteiger partial charge in [0, 0.05) is 12.5 Å². The lowest BCUT2D eigenvalue weighted by molar-refractivity contribution is -0.274. The van der Waals surface area contributed by atoms with E-state index in [0.29, 0.717) is 21.8 Å². The minimum absolute atomic E-state index is 0.203. The summed E-state index contributed by atoms with van der Waals surface area (Å²) in [5.41, 5.74) is 0.505. The Labute approximate surface area is 110 Å². The molecule has 0 aliphatic carbocycles. The molecule has 0 radical (unpaired) electrons. The van der Waals surface area contributed by atoms with E-state index in [0.717, 1.165) is 11.3 Å². The zero-order chi connectivity index (χ0) is 14.0. The number of ether oxygens (including phenoxy) is 1. The van der Waals surface area contributed by atoms with Crippen LogP contribution >= 0.6 is 11.3 Å². The molecule has 0 unspecified atom stereocenters. The summed E-state index contributed by atoms with van der Waals surface area (Å²) in [5, 5.41) is 2.91. The van der Waals surface area contributed by atoms with Crippen molar-refractivity contribution in [3.8, 4) is 5.75 Å². The molecule has 0 fully saturated rings. The average molecular weight is 290 g/mol. The number of halogens is 3. The van der Waals surface area contributed by atoms with Gasteiger partial charge in [-0.15, -0.1) is 13.2 Å². The minimum atomic E-state index is -4.72. The van der Waals surface area contributed by atoms with Crippen molar-refractivity contribution in [1.82, 2.24) is 4.98 Å². The Kier molecular flexibility index (Phi) is 3.61. The molecule has 2 rings (SSSR count). The second-order valence-electron chi connectivity index (χ2n) is 3.60. The van der Waals surface area contributed by atoms with Gasteiger partial charge >= 0.3 is 6.36 Å². The van der Waals surface area contributed by atoms with Crippen LogP contribution in [-0.4, -0.2) is 17.3 Å². The van der Waals surface area contributed by atoms with Crippen LogP contribution in [0.1, 0.15) is 13.3 Å². The van der Waals surface area contributed by atoms with Crippen molar-refractivity contribution in [3.05, 3.63) is 18.2 Å². The summed E-state index contributed by atoms with van der Waals surface area (Å²) in [6, 6.07) is 3.83. The summed E-state index contributed by atoms with van der Waals surface area (Å²) in [6.07, 6.45) is -4.42. The van der Waals surface area contributed by atoms with Crippen LogP contribution < -0.4 is 10.1 Å². The lowest BCUT2D eigenvalue weighted by atomic mass is 10.3. The Morgan fingerprint density at radius 3 is 2.84 bits per heavy atom. The highest BCUT2D eigenvalue weighted by Gasteiger charge is 2.31. The van der Waals surface area contributed by atoms with Crippen LogP contribution in [-0.2, 0) is 4.79 Å². The first kappa shape index (κ1) is 13.6. The highest BCUT2D eigenvalue weighted by Crippen LogP contribution is 2.31. The summed E-state index contributed by atoms with van der Waals surface area (Å²) in [4.78, 5) is 15.3. The van der Waals surface area contributed by atoms with E-state index in [1.54, 1.807) is 6.92 Å². The fraction of sp³-hybridized carbons (Fsp3) is 0.273. The number of aromatic nitrogens is 1. The van der Waals surface area contributed by atoms with E-state index in [1.165, 1.54) is 18.2 Å². The van der Waals surface area contributed by atoms with Crippen LogP contribution in [0, 0.1) is 0 Å². The van der Waals surface area contributed by atoms with Crippen LogP contribution in [0.25, 0.3) is 10.2 Å². The van der Waals surface area contributed by atoms with Crippen LogP contribution in [0.15, 0.2) is 18.2 Å². The van der Waals surface area contributed by atoms with Gasteiger partial charge in [-0.05, 0) is 12.1 Å². The lowest BCUT2D eigenvalue weighted by Gasteiger charge is -2.07. The van der Waals surface area contributed by atoms with Gasteiger partial charge in [-0.1, -0.05) is 18.3 Å². The van der Waals surface area contributed by atoms with Gasteiger partial charge in [0.1, 0.15) is 5.75 Å². The van der Waals surface area contributed by atoms with Crippen molar-refractivity contribution in [2.24, 2.45) is 0 Å². The molecule has 8 heteroatoms. The number of anilines is 1. The number of thiazole rings is 1. The first-order valence-corrected chi connectivity index (χ1v) is 6.15. The Morgan fingerprint density at radius 1 is 1.47 bits per heavy atom. The van der Waals surface area contributed by atoms with Crippen LogP contribution in [0.2, 0.25) is 0 Å². The average Bonchev–Trinajstić information content (AvgIpc) is 2.68. The first-order chi connectivity index (χ1) is 8.87. The molecule has 1 N–H and O–H groups in total. The van der Waals surface area contributed by atoms with Gasteiger partial charge in [-0.2, -0.15) is 0 Å². The Morgan fingerprint density at radius 2 is 2.21 bits per heavy atom. The molecule has 4 nitrogen and oxygen atoms in total. The number of amides is 1. The third-order valence-electron chi connectivity index (χ3n) is 2.16. The topological polar surface area (TPSA) is 51.2 Å². The van der Waals surface area contributed by atoms with E-state index in [4.69, 9.17) is 0 Å². The normalized spacial score (nSPS) is 11.6. The lowest BCUT2D eigenvalue weighted by Crippen LogP contribution is -2.16. The Balaban J connectivity index is 2.26. The SMILES string of the molecule is CCC(=O)Nc1nc2ccc(OC(F)(F)F)cc2s1. The number of hydrogen-bond donors (Lipinski definition) is 1. The first-order valence-electron chi connectivity index (χ1n) is 5.33. The maximum Gasteiger partial charge on any atom is 0.573 e. The summed E-state index contributed by atoms with van der Waals surface area (Å²) in [5.74, 6) is -0.511. The predicted octanol–water partition coefficient (Wildman–Crippen LogP) is 3.54. The van der Waals surface area contributed by atoms with Crippen LogP contribution in [0.3, 0.4) is 0 Å². The van der Waals surface area contributed by atoms with Gasteiger partial charge in [0.15, 0.2) is 5.13 Å². The second kappa shape index (κ2) is 5.04. The molecule has 102 valence electrons. The fourth-order valence-electron chi connectivity index (χ4n) is 1.36. The van der Waals surface area contributed by atoms with Gasteiger partial charge in [0.2, 0.25) is 5.91 Å². The van der Waals surface area contributed by atoms with Gasteiger partial charge in [0.25, 0.3) is 0 Å². The molecular formula is C11H9F3N2O2S. The summed E-state index contributed by atoms with van der Waals surface area (Å²) in [6.45, 7) is 1.69. The summed E-state index contributed by atoms with van der Waals surface area (Å²) < 4.78 is 40.5. The number of fused-ring (bicyclic) bond motifs is 1. The molecule has 1 amide bonds. The van der Waals surface area contributed by atoms with Crippen molar-refractivity contribution in [2.45, 2.75) is 19.7 Å². The van der Waals surface area contributed by atoms with E-state index >= 15 is 0 Å². The van der Waals surface area contributed by atoms with E-state index in [1.807, 2.05) is 0 Å². The van der Waals surface area contributed by atoms with Gasteiger partial charge in [-0.25, -0.2) is 4.98 Å². The molecule has 0 aliphatic rings. The standard InChI is InChI=1S/C11H9F3N2O2S/c1-2-9(17)16-10-15-7-4-3-6(5-8(7)19-10)18-11(12,13)14/h3-5H,2H2,1H3,(H,15,16,17). The number of carbonyl (C=O) groups excluding carboxylic acids is 1. The maximum absolute atomic E-state index is 12.1. The zero-order valence-electron chi connectivity index (χ0n) is 9.75. The molecule has 0 spiro atoms. The van der Waals surface area contributed by atoms with Gasteiger partial charge in [0.05, 0.1) is 10.2 Å². The molecule has 1 aromatic heterocycles. The van der Waals surface area contributed by atoms with E-state index < -0.39 is 6.36 Å². The molecule has 0 bridgehead atoms. The van der Waals surface area contributed by atoms with Gasteiger partial charge < -0.3 is 10.1 Å². The van der Waals surface area contributed by atoms with Crippen molar-refractivity contribution in [3.63, 3.8) is 0 Å². The Hall–Kier alpha value is -1.83. The molecule has 19 heavy (non-hydrogen) atoms. The number of alkyl halides is 3. The summed E-state index contributed by atoms with van der Waals surface area (Å²) >= 11 is 1.09. The number of nitrogens with zero attached hydrogens (tertiary/aromatic N) is 1. The maximum atomic E-state index is 12.1. The number of carbonyl (C=O) groups is 1. The van der Waals surface area contributed by atoms with Crippen LogP contribution in [0.4, 0.5) is 18.3 Å². The fourth-order valence-corrected chi connectivity index (χ4v) is 2.27. The Bertz CT molecular complexity index is 609. The number of hydrogen-bond acceptors (Lipinski definition) is 4. The van der Waals surface area contributed by atoms with Crippen molar-refractivity contribution >= 4 is 32.6 Å². The second-order valence-corrected chi connectivity index (χ2v) is 4.63. The van der Waals surface area contributed by atoms with Gasteiger partial charge in [-0.3, -0.25) is 4.79 Å². The van der Waals surface area contributed by atoms with Crippen molar-refractivity contribution in [1.29, 1.82) is 0 Å². The minimum Gasteiger partial charge on any atom is -0.406 e. The molecule has 1 heterocycles. The predicted molar refractivity (Wildman–Crippen MR) is 65.2 cm³/mol. The highest BCUT2D eigenvalue weighted by atomic mass is 32.1. The molecule has 0 saturated heterocycles. The molecule has 0 aliphatic heterocycles. The van der Waals surface area contributed by atoms with E-state index in [-0.39, 0.29) is 11.7 Å². The number of nitrogens with one attached hydrogen (secondary N) is 1. The summed E-state index contributed by atoms with van der Waals surface area (Å²) in [7, 11) is 0. The molecular weight excluding hydrogens is 281 g/mol. The zero-order valence-corrected chi connectivity index (χ0v) is 10.6. The monoisotopic (exact) mass is 290 g/mol. The van der Waals surface area contributed by atoms with Crippen LogP contribution in [0.5, 0.6) is 5.75 Å². The molecule has 0 saturated carbocycles. The quantitative estimate of drug-likeness (QED) is 0.940. The van der Waals surface area contributed by atoms with E-state index in [9.17, 15) is 18.0 Å². The number of rotatable bonds is 3. The largest absolute Gasteiger partial charge is 0.573 e. The van der Waals surface area contributed by atoms with Crippen molar-refractivity contribution in [2.75, 3.05) is 5.32 Å². The number of benzene rings is 1. The van der Waals surface area contributed by atoms with E-state index in [2.05, 4.69) is 15.0 Å². The smallest absolute Gasteiger partial charge is 0.406 e.